The van der Waals surface area contributed by atoms with Gasteiger partial charge in [-0.15, -0.1) is 0 Å². The number of rotatable bonds is 4. The molecule has 4 rings (SSSR count). The molecule has 4 aromatic rings. The number of carbonyl (C=O) groups is 1. The molecule has 0 aliphatic heterocycles. The van der Waals surface area contributed by atoms with Gasteiger partial charge in [0.25, 0.3) is 5.91 Å². The topological polar surface area (TPSA) is 72.2 Å². The van der Waals surface area contributed by atoms with Gasteiger partial charge in [-0.05, 0) is 30.3 Å². The minimum Gasteiger partial charge on any atom is -0.346 e. The number of fused-ring (bicyclic) bond motifs is 1. The number of amides is 1. The largest absolute Gasteiger partial charge is 0.346 e. The Morgan fingerprint density at radius 1 is 1.04 bits per heavy atom. The fourth-order valence-corrected chi connectivity index (χ4v) is 2.79. The van der Waals surface area contributed by atoms with Crippen molar-refractivity contribution < 1.29 is 4.79 Å². The molecule has 0 saturated carbocycles. The molecule has 3 aromatic heterocycles. The monoisotopic (exact) mass is 363 g/mol. The van der Waals surface area contributed by atoms with Crippen LogP contribution in [0.4, 0.5) is 0 Å². The van der Waals surface area contributed by atoms with Gasteiger partial charge in [0.1, 0.15) is 5.56 Å². The Bertz CT molecular complexity index is 1060. The van der Waals surface area contributed by atoms with E-state index < -0.39 is 0 Å². The molecule has 3 heterocycles. The number of aromatic nitrogens is 4. The summed E-state index contributed by atoms with van der Waals surface area (Å²) in [6, 6.07) is 14.8. The van der Waals surface area contributed by atoms with Crippen molar-refractivity contribution in [3.8, 4) is 11.3 Å². The SMILES string of the molecule is O=C(NCc1ccccn1)c1cnn2c(-c3ccc(Cl)cc3)ccnc12. The Labute approximate surface area is 154 Å². The van der Waals surface area contributed by atoms with Crippen molar-refractivity contribution in [1.82, 2.24) is 24.9 Å². The summed E-state index contributed by atoms with van der Waals surface area (Å²) in [5, 5.41) is 7.85. The predicted octanol–water partition coefficient (Wildman–Crippen LogP) is 3.37. The highest BCUT2D eigenvalue weighted by atomic mass is 35.5. The summed E-state index contributed by atoms with van der Waals surface area (Å²) >= 11 is 5.96. The van der Waals surface area contributed by atoms with Crippen LogP contribution >= 0.6 is 11.6 Å². The highest BCUT2D eigenvalue weighted by Crippen LogP contribution is 2.22. The van der Waals surface area contributed by atoms with Gasteiger partial charge in [-0.3, -0.25) is 9.78 Å². The molecule has 0 unspecified atom stereocenters. The smallest absolute Gasteiger partial charge is 0.257 e. The van der Waals surface area contributed by atoms with Crippen LogP contribution in [-0.4, -0.2) is 25.5 Å². The maximum Gasteiger partial charge on any atom is 0.257 e. The zero-order valence-electron chi connectivity index (χ0n) is 13.6. The van der Waals surface area contributed by atoms with E-state index in [9.17, 15) is 4.79 Å². The van der Waals surface area contributed by atoms with Crippen molar-refractivity contribution in [1.29, 1.82) is 0 Å². The minimum absolute atomic E-state index is 0.244. The van der Waals surface area contributed by atoms with Crippen LogP contribution in [0.25, 0.3) is 16.9 Å². The van der Waals surface area contributed by atoms with Gasteiger partial charge in [0.05, 0.1) is 24.1 Å². The van der Waals surface area contributed by atoms with Crippen molar-refractivity contribution >= 4 is 23.2 Å². The second-order valence-electron chi connectivity index (χ2n) is 5.63. The summed E-state index contributed by atoms with van der Waals surface area (Å²) in [5.74, 6) is -0.244. The van der Waals surface area contributed by atoms with Crippen LogP contribution in [0.1, 0.15) is 16.1 Å². The first-order valence-corrected chi connectivity index (χ1v) is 8.37. The first kappa shape index (κ1) is 16.2. The van der Waals surface area contributed by atoms with Crippen LogP contribution in [0.5, 0.6) is 0 Å². The van der Waals surface area contributed by atoms with E-state index in [1.54, 1.807) is 16.9 Å². The van der Waals surface area contributed by atoms with Gasteiger partial charge in [-0.2, -0.15) is 5.10 Å². The summed E-state index contributed by atoms with van der Waals surface area (Å²) in [6.07, 6.45) is 4.88. The average Bonchev–Trinajstić information content (AvgIpc) is 3.12. The number of carbonyl (C=O) groups excluding carboxylic acids is 1. The lowest BCUT2D eigenvalue weighted by Crippen LogP contribution is -2.23. The molecule has 6 nitrogen and oxygen atoms in total. The molecule has 0 radical (unpaired) electrons. The normalized spacial score (nSPS) is 10.8. The van der Waals surface area contributed by atoms with Gasteiger partial charge in [-0.1, -0.05) is 29.8 Å². The van der Waals surface area contributed by atoms with E-state index in [0.29, 0.717) is 22.8 Å². The van der Waals surface area contributed by atoms with E-state index >= 15 is 0 Å². The lowest BCUT2D eigenvalue weighted by atomic mass is 10.1. The summed E-state index contributed by atoms with van der Waals surface area (Å²) in [5.41, 5.74) is 3.46. The van der Waals surface area contributed by atoms with E-state index in [0.717, 1.165) is 17.0 Å². The molecule has 1 aromatic carbocycles. The van der Waals surface area contributed by atoms with Crippen LogP contribution in [-0.2, 0) is 6.54 Å². The van der Waals surface area contributed by atoms with Crippen LogP contribution in [0, 0.1) is 0 Å². The maximum absolute atomic E-state index is 12.5. The van der Waals surface area contributed by atoms with Gasteiger partial charge in [0, 0.05) is 23.0 Å². The molecular weight excluding hydrogens is 350 g/mol. The summed E-state index contributed by atoms with van der Waals surface area (Å²) < 4.78 is 1.65. The van der Waals surface area contributed by atoms with Gasteiger partial charge in [0.2, 0.25) is 0 Å². The minimum atomic E-state index is -0.244. The molecule has 0 saturated heterocycles. The number of nitrogens with zero attached hydrogens (tertiary/aromatic N) is 4. The van der Waals surface area contributed by atoms with Gasteiger partial charge in [-0.25, -0.2) is 9.50 Å². The standard InChI is InChI=1S/C19H14ClN5O/c20-14-6-4-13(5-7-14)17-8-10-22-18-16(12-24-25(17)18)19(26)23-11-15-3-1-2-9-21-15/h1-10,12H,11H2,(H,23,26). The van der Waals surface area contributed by atoms with Crippen molar-refractivity contribution in [2.24, 2.45) is 0 Å². The third-order valence-electron chi connectivity index (χ3n) is 3.94. The molecule has 0 aliphatic carbocycles. The molecule has 0 atom stereocenters. The fourth-order valence-electron chi connectivity index (χ4n) is 2.66. The Morgan fingerprint density at radius 2 is 1.88 bits per heavy atom. The quantitative estimate of drug-likeness (QED) is 0.603. The van der Waals surface area contributed by atoms with Gasteiger partial charge < -0.3 is 5.32 Å². The van der Waals surface area contributed by atoms with Gasteiger partial charge >= 0.3 is 0 Å². The summed E-state index contributed by atoms with van der Waals surface area (Å²) in [4.78, 5) is 21.0. The number of nitrogens with one attached hydrogen (secondary N) is 1. The second-order valence-corrected chi connectivity index (χ2v) is 6.07. The molecular formula is C19H14ClN5O. The first-order chi connectivity index (χ1) is 12.7. The number of benzene rings is 1. The van der Waals surface area contributed by atoms with Crippen molar-refractivity contribution in [2.45, 2.75) is 6.54 Å². The third kappa shape index (κ3) is 3.14. The molecule has 1 N–H and O–H groups in total. The molecule has 26 heavy (non-hydrogen) atoms. The van der Waals surface area contributed by atoms with E-state index in [4.69, 9.17) is 11.6 Å². The maximum atomic E-state index is 12.5. The van der Waals surface area contributed by atoms with E-state index in [-0.39, 0.29) is 5.91 Å². The Kier molecular flexibility index (Phi) is 4.33. The van der Waals surface area contributed by atoms with E-state index in [2.05, 4.69) is 20.4 Å². The van der Waals surface area contributed by atoms with Crippen LogP contribution in [0.15, 0.2) is 67.1 Å². The molecule has 0 bridgehead atoms. The van der Waals surface area contributed by atoms with Gasteiger partial charge in [0.15, 0.2) is 5.65 Å². The molecule has 0 spiro atoms. The average molecular weight is 364 g/mol. The number of pyridine rings is 1. The third-order valence-corrected chi connectivity index (χ3v) is 4.19. The molecule has 0 fully saturated rings. The molecule has 7 heteroatoms. The zero-order chi connectivity index (χ0) is 17.9. The highest BCUT2D eigenvalue weighted by molar-refractivity contribution is 6.30. The Balaban J connectivity index is 1.64. The fraction of sp³-hybridized carbons (Fsp3) is 0.0526. The van der Waals surface area contributed by atoms with Crippen LogP contribution < -0.4 is 5.32 Å². The Hall–Kier alpha value is -3.25. The molecule has 0 aliphatic rings. The highest BCUT2D eigenvalue weighted by Gasteiger charge is 2.16. The van der Waals surface area contributed by atoms with Crippen molar-refractivity contribution in [2.75, 3.05) is 0 Å². The number of halogens is 1. The van der Waals surface area contributed by atoms with E-state index in [1.807, 2.05) is 48.5 Å². The van der Waals surface area contributed by atoms with Crippen molar-refractivity contribution in [3.05, 3.63) is 83.4 Å². The predicted molar refractivity (Wildman–Crippen MR) is 98.8 cm³/mol. The number of hydrogen-bond donors (Lipinski definition) is 1. The van der Waals surface area contributed by atoms with Crippen LogP contribution in [0.3, 0.4) is 0 Å². The lowest BCUT2D eigenvalue weighted by Gasteiger charge is -2.06. The Morgan fingerprint density at radius 3 is 2.65 bits per heavy atom. The molecule has 128 valence electrons. The first-order valence-electron chi connectivity index (χ1n) is 7.99. The lowest BCUT2D eigenvalue weighted by molar-refractivity contribution is 0.0952. The number of hydrogen-bond acceptors (Lipinski definition) is 4. The zero-order valence-corrected chi connectivity index (χ0v) is 14.4. The second kappa shape index (κ2) is 6.93. The van der Waals surface area contributed by atoms with Crippen LogP contribution in [0.2, 0.25) is 5.02 Å². The summed E-state index contributed by atoms with van der Waals surface area (Å²) in [7, 11) is 0. The van der Waals surface area contributed by atoms with E-state index in [1.165, 1.54) is 6.20 Å². The van der Waals surface area contributed by atoms with Crippen molar-refractivity contribution in [3.63, 3.8) is 0 Å². The summed E-state index contributed by atoms with van der Waals surface area (Å²) in [6.45, 7) is 0.341. The molecule has 1 amide bonds.